The molecule has 20 heavy (non-hydrogen) atoms. The summed E-state index contributed by atoms with van der Waals surface area (Å²) in [5, 5.41) is 4.10. The number of aryl methyl sites for hydroxylation is 1. The molecule has 3 heteroatoms. The Labute approximate surface area is 123 Å². The zero-order valence-corrected chi connectivity index (χ0v) is 12.1. The van der Waals surface area contributed by atoms with Gasteiger partial charge in [-0.25, -0.2) is 4.39 Å². The number of para-hydroxylation sites is 1. The third-order valence-electron chi connectivity index (χ3n) is 4.03. The summed E-state index contributed by atoms with van der Waals surface area (Å²) in [4.78, 5) is 0. The molecule has 0 saturated heterocycles. The fourth-order valence-electron chi connectivity index (χ4n) is 2.79. The van der Waals surface area contributed by atoms with E-state index >= 15 is 0 Å². The lowest BCUT2D eigenvalue weighted by molar-refractivity contribution is 0.373. The first-order valence-electron chi connectivity index (χ1n) is 6.90. The molecular weight excluding hydrogens is 273 g/mol. The molecule has 0 aliphatic heterocycles. The van der Waals surface area contributed by atoms with Crippen molar-refractivity contribution in [1.29, 1.82) is 0 Å². The predicted octanol–water partition coefficient (Wildman–Crippen LogP) is 5.15. The zero-order valence-electron chi connectivity index (χ0n) is 11.4. The average Bonchev–Trinajstić information content (AvgIpc) is 2.36. The van der Waals surface area contributed by atoms with Gasteiger partial charge in [-0.15, -0.1) is 0 Å². The van der Waals surface area contributed by atoms with E-state index in [-0.39, 0.29) is 5.82 Å². The zero-order chi connectivity index (χ0) is 14.1. The number of hydrogen-bond donors (Lipinski definition) is 1. The van der Waals surface area contributed by atoms with Gasteiger partial charge in [0.1, 0.15) is 5.82 Å². The third-order valence-corrected chi connectivity index (χ3v) is 4.26. The second kappa shape index (κ2) is 5.45. The third kappa shape index (κ3) is 2.66. The smallest absolute Gasteiger partial charge is 0.146 e. The molecule has 0 spiro atoms. The minimum absolute atomic E-state index is 0.170. The molecule has 0 radical (unpaired) electrons. The Kier molecular flexibility index (Phi) is 3.66. The summed E-state index contributed by atoms with van der Waals surface area (Å²) in [6.07, 6.45) is 2.04. The monoisotopic (exact) mass is 289 g/mol. The molecule has 2 aromatic rings. The SMILES string of the molecule is Cc1cccc(F)c1NC1CC(c2cccc(Cl)c2)C1. The van der Waals surface area contributed by atoms with Gasteiger partial charge < -0.3 is 5.32 Å². The molecular formula is C17H17ClFN. The van der Waals surface area contributed by atoms with Crippen LogP contribution in [0.25, 0.3) is 0 Å². The summed E-state index contributed by atoms with van der Waals surface area (Å²) in [6.45, 7) is 1.93. The van der Waals surface area contributed by atoms with E-state index in [1.807, 2.05) is 31.2 Å². The highest BCUT2D eigenvalue weighted by Gasteiger charge is 2.31. The standard InChI is InChI=1S/C17H17ClFN/c1-11-4-2-7-16(19)17(11)20-15-9-13(10-15)12-5-3-6-14(18)8-12/h2-8,13,15,20H,9-10H2,1H3. The van der Waals surface area contributed by atoms with Crippen molar-refractivity contribution in [3.63, 3.8) is 0 Å². The van der Waals surface area contributed by atoms with Crippen molar-refractivity contribution in [3.8, 4) is 0 Å². The lowest BCUT2D eigenvalue weighted by Crippen LogP contribution is -2.34. The van der Waals surface area contributed by atoms with E-state index in [4.69, 9.17) is 11.6 Å². The van der Waals surface area contributed by atoms with Crippen LogP contribution in [0.3, 0.4) is 0 Å². The van der Waals surface area contributed by atoms with Crippen molar-refractivity contribution in [1.82, 2.24) is 0 Å². The minimum Gasteiger partial charge on any atom is -0.380 e. The minimum atomic E-state index is -0.170. The van der Waals surface area contributed by atoms with Gasteiger partial charge in [0.25, 0.3) is 0 Å². The van der Waals surface area contributed by atoms with Crippen LogP contribution in [0, 0.1) is 12.7 Å². The van der Waals surface area contributed by atoms with Gasteiger partial charge in [-0.1, -0.05) is 35.9 Å². The van der Waals surface area contributed by atoms with E-state index in [2.05, 4.69) is 11.4 Å². The van der Waals surface area contributed by atoms with E-state index in [0.29, 0.717) is 17.6 Å². The van der Waals surface area contributed by atoms with Gasteiger partial charge in [0.2, 0.25) is 0 Å². The van der Waals surface area contributed by atoms with Crippen LogP contribution < -0.4 is 5.32 Å². The average molecular weight is 290 g/mol. The Morgan fingerprint density at radius 3 is 2.60 bits per heavy atom. The molecule has 104 valence electrons. The van der Waals surface area contributed by atoms with Crippen LogP contribution in [0.2, 0.25) is 5.02 Å². The van der Waals surface area contributed by atoms with Crippen molar-refractivity contribution in [2.75, 3.05) is 5.32 Å². The van der Waals surface area contributed by atoms with Crippen molar-refractivity contribution in [2.45, 2.75) is 31.7 Å². The second-order valence-electron chi connectivity index (χ2n) is 5.50. The van der Waals surface area contributed by atoms with Crippen LogP contribution in [0.15, 0.2) is 42.5 Å². The fourth-order valence-corrected chi connectivity index (χ4v) is 2.99. The molecule has 3 rings (SSSR count). The topological polar surface area (TPSA) is 12.0 Å². The Balaban J connectivity index is 1.64. The number of hydrogen-bond acceptors (Lipinski definition) is 1. The molecule has 1 N–H and O–H groups in total. The van der Waals surface area contributed by atoms with E-state index in [1.165, 1.54) is 11.6 Å². The molecule has 0 atom stereocenters. The normalized spacial score (nSPS) is 21.4. The summed E-state index contributed by atoms with van der Waals surface area (Å²) in [5.74, 6) is 0.356. The van der Waals surface area contributed by atoms with E-state index in [1.54, 1.807) is 6.07 Å². The molecule has 1 nitrogen and oxygen atoms in total. The van der Waals surface area contributed by atoms with Crippen molar-refractivity contribution in [2.24, 2.45) is 0 Å². The highest BCUT2D eigenvalue weighted by atomic mass is 35.5. The van der Waals surface area contributed by atoms with Crippen molar-refractivity contribution in [3.05, 3.63) is 64.4 Å². The van der Waals surface area contributed by atoms with Gasteiger partial charge >= 0.3 is 0 Å². The molecule has 1 aliphatic carbocycles. The van der Waals surface area contributed by atoms with Crippen LogP contribution in [0.1, 0.15) is 29.9 Å². The molecule has 0 amide bonds. The maximum absolute atomic E-state index is 13.8. The molecule has 0 unspecified atom stereocenters. The molecule has 1 aliphatic rings. The van der Waals surface area contributed by atoms with E-state index in [9.17, 15) is 4.39 Å². The highest BCUT2D eigenvalue weighted by molar-refractivity contribution is 6.30. The quantitative estimate of drug-likeness (QED) is 0.824. The highest BCUT2D eigenvalue weighted by Crippen LogP contribution is 2.39. The first-order valence-corrected chi connectivity index (χ1v) is 7.28. The molecule has 1 fully saturated rings. The van der Waals surface area contributed by atoms with Crippen LogP contribution in [0.5, 0.6) is 0 Å². The lowest BCUT2D eigenvalue weighted by Gasteiger charge is -2.37. The fraction of sp³-hybridized carbons (Fsp3) is 0.294. The van der Waals surface area contributed by atoms with Crippen molar-refractivity contribution >= 4 is 17.3 Å². The number of nitrogens with one attached hydrogen (secondary N) is 1. The van der Waals surface area contributed by atoms with Crippen LogP contribution in [0.4, 0.5) is 10.1 Å². The number of rotatable bonds is 3. The summed E-state index contributed by atoms with van der Waals surface area (Å²) < 4.78 is 13.8. The van der Waals surface area contributed by atoms with Gasteiger partial charge in [-0.3, -0.25) is 0 Å². The Morgan fingerprint density at radius 1 is 1.15 bits per heavy atom. The van der Waals surface area contributed by atoms with Gasteiger partial charge in [-0.05, 0) is 55.0 Å². The maximum atomic E-state index is 13.8. The molecule has 0 bridgehead atoms. The van der Waals surface area contributed by atoms with E-state index in [0.717, 1.165) is 23.4 Å². The van der Waals surface area contributed by atoms with Crippen LogP contribution >= 0.6 is 11.6 Å². The number of halogens is 2. The van der Waals surface area contributed by atoms with Crippen molar-refractivity contribution < 1.29 is 4.39 Å². The largest absolute Gasteiger partial charge is 0.380 e. The summed E-state index contributed by atoms with van der Waals surface area (Å²) in [7, 11) is 0. The molecule has 0 aromatic heterocycles. The molecule has 1 saturated carbocycles. The first kappa shape index (κ1) is 13.4. The Morgan fingerprint density at radius 2 is 1.90 bits per heavy atom. The first-order chi connectivity index (χ1) is 9.63. The Hall–Kier alpha value is -1.54. The lowest BCUT2D eigenvalue weighted by atomic mass is 9.76. The predicted molar refractivity (Wildman–Crippen MR) is 82.0 cm³/mol. The van der Waals surface area contributed by atoms with Gasteiger partial charge in [0.15, 0.2) is 0 Å². The summed E-state index contributed by atoms with van der Waals surface area (Å²) in [5.41, 5.74) is 2.87. The van der Waals surface area contributed by atoms with Gasteiger partial charge in [0, 0.05) is 11.1 Å². The number of benzene rings is 2. The number of anilines is 1. The molecule has 2 aromatic carbocycles. The Bertz CT molecular complexity index is 600. The van der Waals surface area contributed by atoms with Gasteiger partial charge in [0.05, 0.1) is 5.69 Å². The second-order valence-corrected chi connectivity index (χ2v) is 5.93. The van der Waals surface area contributed by atoms with E-state index < -0.39 is 0 Å². The summed E-state index contributed by atoms with van der Waals surface area (Å²) >= 11 is 6.01. The molecule has 0 heterocycles. The maximum Gasteiger partial charge on any atom is 0.146 e. The summed E-state index contributed by atoms with van der Waals surface area (Å²) in [6, 6.07) is 13.5. The van der Waals surface area contributed by atoms with Crippen LogP contribution in [-0.4, -0.2) is 6.04 Å². The van der Waals surface area contributed by atoms with Gasteiger partial charge in [-0.2, -0.15) is 0 Å². The van der Waals surface area contributed by atoms with Crippen LogP contribution in [-0.2, 0) is 0 Å².